The Hall–Kier alpha value is -2.23. The van der Waals surface area contributed by atoms with Crippen molar-refractivity contribution >= 4 is 10.9 Å². The molecular weight excluding hydrogens is 304 g/mol. The van der Waals surface area contributed by atoms with Crippen molar-refractivity contribution in [1.82, 2.24) is 0 Å². The van der Waals surface area contributed by atoms with Crippen molar-refractivity contribution in [3.63, 3.8) is 0 Å². The van der Waals surface area contributed by atoms with Crippen molar-refractivity contribution in [1.29, 1.82) is 0 Å². The summed E-state index contributed by atoms with van der Waals surface area (Å²) in [4.78, 5) is 3.84. The zero-order valence-electron chi connectivity index (χ0n) is 12.8. The molecule has 0 aliphatic carbocycles. The van der Waals surface area contributed by atoms with E-state index in [9.17, 15) is 0 Å². The lowest BCUT2D eigenvalue weighted by Gasteiger charge is -2.09. The summed E-state index contributed by atoms with van der Waals surface area (Å²) in [5, 5.41) is 8.84. The summed E-state index contributed by atoms with van der Waals surface area (Å²) < 4.78 is 5.45. The maximum absolute atomic E-state index is 8.84. The van der Waals surface area contributed by atoms with Crippen LogP contribution in [-0.4, -0.2) is 18.3 Å². The predicted molar refractivity (Wildman–Crippen MR) is 94.1 cm³/mol. The molecule has 0 aliphatic heterocycles. The Balaban J connectivity index is 1.96. The van der Waals surface area contributed by atoms with Gasteiger partial charge in [0.05, 0.1) is 17.5 Å². The molecule has 0 fully saturated rings. The first-order valence-electron chi connectivity index (χ1n) is 7.56. The molecule has 3 heteroatoms. The number of aliphatic hydroxyl groups excluding tert-OH is 1. The predicted octanol–water partition coefficient (Wildman–Crippen LogP) is 4.15. The van der Waals surface area contributed by atoms with E-state index in [1.165, 1.54) is 14.7 Å². The van der Waals surface area contributed by atoms with Gasteiger partial charge in [-0.25, -0.2) is 0 Å². The van der Waals surface area contributed by atoms with Crippen LogP contribution in [0, 0.1) is 0 Å². The lowest BCUT2D eigenvalue weighted by Crippen LogP contribution is -2.05. The zero-order valence-corrected chi connectivity index (χ0v) is 13.6. The van der Waals surface area contributed by atoms with E-state index in [1.807, 2.05) is 24.3 Å². The van der Waals surface area contributed by atoms with Crippen LogP contribution in [0.15, 0.2) is 99.6 Å². The molecule has 0 bridgehead atoms. The highest BCUT2D eigenvalue weighted by molar-refractivity contribution is 7.97. The molecule has 2 nitrogen and oxygen atoms in total. The molecule has 0 aromatic heterocycles. The number of hydrogen-bond acceptors (Lipinski definition) is 2. The van der Waals surface area contributed by atoms with E-state index in [-0.39, 0.29) is 17.5 Å². The van der Waals surface area contributed by atoms with Crippen LogP contribution in [0.1, 0.15) is 0 Å². The van der Waals surface area contributed by atoms with Gasteiger partial charge in [-0.05, 0) is 48.5 Å². The second kappa shape index (κ2) is 7.86. The van der Waals surface area contributed by atoms with E-state index in [1.54, 1.807) is 0 Å². The molecule has 0 atom stereocenters. The van der Waals surface area contributed by atoms with Gasteiger partial charge in [-0.2, -0.15) is 0 Å². The van der Waals surface area contributed by atoms with Gasteiger partial charge in [-0.3, -0.25) is 0 Å². The summed E-state index contributed by atoms with van der Waals surface area (Å²) in [6, 6.07) is 29.3. The first-order valence-corrected chi connectivity index (χ1v) is 8.79. The van der Waals surface area contributed by atoms with Crippen LogP contribution in [0.2, 0.25) is 0 Å². The first-order chi connectivity index (χ1) is 11.4. The SMILES string of the molecule is OCCOc1ccc([S+](c2ccccc2)c2ccccc2)cc1. The highest BCUT2D eigenvalue weighted by Crippen LogP contribution is 2.31. The molecule has 3 aromatic carbocycles. The summed E-state index contributed by atoms with van der Waals surface area (Å²) in [5.74, 6) is 0.785. The highest BCUT2D eigenvalue weighted by Gasteiger charge is 2.28. The summed E-state index contributed by atoms with van der Waals surface area (Å²) in [5.41, 5.74) is 0. The Kier molecular flexibility index (Phi) is 5.35. The van der Waals surface area contributed by atoms with Crippen LogP contribution in [0.3, 0.4) is 0 Å². The molecule has 0 saturated heterocycles. The average Bonchev–Trinajstić information content (AvgIpc) is 2.63. The minimum atomic E-state index is -0.134. The van der Waals surface area contributed by atoms with Gasteiger partial charge in [0, 0.05) is 0 Å². The minimum absolute atomic E-state index is 0.0279. The topological polar surface area (TPSA) is 29.5 Å². The van der Waals surface area contributed by atoms with E-state index >= 15 is 0 Å². The van der Waals surface area contributed by atoms with Gasteiger partial charge in [0.15, 0.2) is 14.7 Å². The Morgan fingerprint density at radius 3 is 1.61 bits per heavy atom. The van der Waals surface area contributed by atoms with Crippen molar-refractivity contribution < 1.29 is 9.84 Å². The molecule has 23 heavy (non-hydrogen) atoms. The van der Waals surface area contributed by atoms with Gasteiger partial charge in [-0.1, -0.05) is 36.4 Å². The Labute approximate surface area is 139 Å². The number of rotatable bonds is 6. The lowest BCUT2D eigenvalue weighted by atomic mass is 10.3. The van der Waals surface area contributed by atoms with Crippen LogP contribution in [0.4, 0.5) is 0 Å². The Bertz CT molecular complexity index is 672. The summed E-state index contributed by atoms with van der Waals surface area (Å²) in [7, 11) is -0.134. The van der Waals surface area contributed by atoms with Crippen molar-refractivity contribution in [3.05, 3.63) is 84.9 Å². The molecule has 3 rings (SSSR count). The van der Waals surface area contributed by atoms with Crippen molar-refractivity contribution in [2.75, 3.05) is 13.2 Å². The molecule has 0 saturated carbocycles. The highest BCUT2D eigenvalue weighted by atomic mass is 32.2. The van der Waals surface area contributed by atoms with Crippen molar-refractivity contribution in [2.24, 2.45) is 0 Å². The fourth-order valence-electron chi connectivity index (χ4n) is 2.36. The second-order valence-electron chi connectivity index (χ2n) is 4.98. The average molecular weight is 323 g/mol. The number of aliphatic hydroxyl groups is 1. The smallest absolute Gasteiger partial charge is 0.166 e. The molecule has 0 amide bonds. The third kappa shape index (κ3) is 3.95. The van der Waals surface area contributed by atoms with Crippen LogP contribution in [-0.2, 0) is 10.9 Å². The lowest BCUT2D eigenvalue weighted by molar-refractivity contribution is 0.201. The van der Waals surface area contributed by atoms with E-state index in [4.69, 9.17) is 9.84 Å². The van der Waals surface area contributed by atoms with E-state index in [0.717, 1.165) is 5.75 Å². The molecule has 1 N–H and O–H groups in total. The standard InChI is InChI=1S/C20H19O2S/c21-15-16-22-17-11-13-20(14-12-17)23(18-7-3-1-4-8-18)19-9-5-2-6-10-19/h1-14,21H,15-16H2/q+1. The number of hydrogen-bond donors (Lipinski definition) is 1. The van der Waals surface area contributed by atoms with Crippen molar-refractivity contribution in [2.45, 2.75) is 14.7 Å². The van der Waals surface area contributed by atoms with Gasteiger partial charge in [0.2, 0.25) is 0 Å². The molecule has 0 aliphatic rings. The maximum Gasteiger partial charge on any atom is 0.166 e. The van der Waals surface area contributed by atoms with Crippen LogP contribution in [0.25, 0.3) is 0 Å². The van der Waals surface area contributed by atoms with Crippen LogP contribution < -0.4 is 4.74 Å². The first kappa shape index (κ1) is 15.7. The largest absolute Gasteiger partial charge is 0.491 e. The van der Waals surface area contributed by atoms with Gasteiger partial charge < -0.3 is 9.84 Å². The molecule has 116 valence electrons. The van der Waals surface area contributed by atoms with E-state index in [0.29, 0.717) is 6.61 Å². The minimum Gasteiger partial charge on any atom is -0.491 e. The number of benzene rings is 3. The normalized spacial score (nSPS) is 10.7. The second-order valence-corrected chi connectivity index (χ2v) is 7.00. The summed E-state index contributed by atoms with van der Waals surface area (Å²) in [6.45, 7) is 0.350. The third-order valence-electron chi connectivity index (χ3n) is 3.38. The molecule has 0 radical (unpaired) electrons. The number of ether oxygens (including phenoxy) is 1. The van der Waals surface area contributed by atoms with Crippen LogP contribution >= 0.6 is 0 Å². The summed E-state index contributed by atoms with van der Waals surface area (Å²) >= 11 is 0. The third-order valence-corrected chi connectivity index (χ3v) is 5.61. The summed E-state index contributed by atoms with van der Waals surface area (Å²) in [6.07, 6.45) is 0. The monoisotopic (exact) mass is 323 g/mol. The Morgan fingerprint density at radius 2 is 1.13 bits per heavy atom. The quantitative estimate of drug-likeness (QED) is 0.691. The molecule has 3 aromatic rings. The van der Waals surface area contributed by atoms with Crippen LogP contribution in [0.5, 0.6) is 5.75 Å². The van der Waals surface area contributed by atoms with Gasteiger partial charge in [0.1, 0.15) is 12.4 Å². The molecule has 0 unspecified atom stereocenters. The Morgan fingerprint density at radius 1 is 0.652 bits per heavy atom. The maximum atomic E-state index is 8.84. The molecule has 0 heterocycles. The fraction of sp³-hybridized carbons (Fsp3) is 0.100. The van der Waals surface area contributed by atoms with Gasteiger partial charge >= 0.3 is 0 Å². The molecule has 0 spiro atoms. The van der Waals surface area contributed by atoms with E-state index in [2.05, 4.69) is 60.7 Å². The van der Waals surface area contributed by atoms with Gasteiger partial charge in [-0.15, -0.1) is 0 Å². The van der Waals surface area contributed by atoms with E-state index < -0.39 is 0 Å². The molecular formula is C20H19O2S+. The van der Waals surface area contributed by atoms with Gasteiger partial charge in [0.25, 0.3) is 0 Å². The van der Waals surface area contributed by atoms with Crippen molar-refractivity contribution in [3.8, 4) is 5.75 Å². The fourth-order valence-corrected chi connectivity index (χ4v) is 4.44. The zero-order chi connectivity index (χ0) is 15.9.